The van der Waals surface area contributed by atoms with Crippen molar-refractivity contribution in [1.82, 2.24) is 10.3 Å². The number of aromatic nitrogens is 1. The maximum Gasteiger partial charge on any atom is 0.387 e. The number of nitriles is 1. The van der Waals surface area contributed by atoms with E-state index < -0.39 is 22.7 Å². The molecule has 0 bridgehead atoms. The van der Waals surface area contributed by atoms with Crippen LogP contribution in [0.1, 0.15) is 50.2 Å². The SMILES string of the molecule is N#CC1(NC(=O)[C@@H]2CCCC[C@H]2c2oc(-c3ccc(OC(F)F)cc3)nc2-c2ccc(N3CCS(O)(O)CC3)cc2)CC1. The van der Waals surface area contributed by atoms with Crippen LogP contribution in [-0.2, 0) is 4.79 Å². The molecule has 1 saturated heterocycles. The van der Waals surface area contributed by atoms with E-state index in [4.69, 9.17) is 9.40 Å². The van der Waals surface area contributed by atoms with Gasteiger partial charge >= 0.3 is 6.61 Å². The maximum absolute atomic E-state index is 13.5. The number of benzene rings is 2. The van der Waals surface area contributed by atoms with E-state index in [0.29, 0.717) is 66.8 Å². The molecule has 2 atom stereocenters. The van der Waals surface area contributed by atoms with E-state index in [1.807, 2.05) is 24.3 Å². The second-order valence-electron chi connectivity index (χ2n) is 11.6. The number of oxazole rings is 1. The summed E-state index contributed by atoms with van der Waals surface area (Å²) in [6.07, 6.45) is 4.50. The topological polar surface area (TPSA) is 132 Å². The van der Waals surface area contributed by atoms with Crippen molar-refractivity contribution in [3.63, 3.8) is 0 Å². The lowest BCUT2D eigenvalue weighted by Crippen LogP contribution is -2.42. The number of carbonyl (C=O) groups is 1. The van der Waals surface area contributed by atoms with Gasteiger partial charge in [0, 0.05) is 41.7 Å². The molecule has 6 rings (SSSR count). The van der Waals surface area contributed by atoms with Crippen LogP contribution in [0.25, 0.3) is 22.7 Å². The van der Waals surface area contributed by atoms with E-state index in [1.165, 1.54) is 12.1 Å². The Kier molecular flexibility index (Phi) is 8.06. The summed E-state index contributed by atoms with van der Waals surface area (Å²) in [7, 11) is -2.51. The van der Waals surface area contributed by atoms with Gasteiger partial charge < -0.3 is 19.4 Å². The van der Waals surface area contributed by atoms with Gasteiger partial charge in [-0.15, -0.1) is 0 Å². The van der Waals surface area contributed by atoms with Gasteiger partial charge in [-0.05, 0) is 62.1 Å². The van der Waals surface area contributed by atoms with E-state index in [-0.39, 0.29) is 23.5 Å². The zero-order chi connectivity index (χ0) is 30.2. The Hall–Kier alpha value is -3.66. The Labute approximate surface area is 250 Å². The number of carbonyl (C=O) groups excluding carboxylic acids is 1. The fraction of sp³-hybridized carbons (Fsp3) is 0.452. The second kappa shape index (κ2) is 11.8. The monoisotopic (exact) mass is 612 g/mol. The predicted molar refractivity (Wildman–Crippen MR) is 159 cm³/mol. The molecule has 43 heavy (non-hydrogen) atoms. The van der Waals surface area contributed by atoms with Crippen molar-refractivity contribution >= 4 is 22.2 Å². The Bertz CT molecular complexity index is 1490. The van der Waals surface area contributed by atoms with Crippen LogP contribution in [-0.4, -0.2) is 56.7 Å². The van der Waals surface area contributed by atoms with Crippen molar-refractivity contribution < 1.29 is 31.8 Å². The highest BCUT2D eigenvalue weighted by molar-refractivity contribution is 8.24. The third-order valence-corrected chi connectivity index (χ3v) is 10.3. The zero-order valence-corrected chi connectivity index (χ0v) is 24.4. The number of rotatable bonds is 8. The molecular formula is C31H34F2N4O5S. The molecule has 0 spiro atoms. The Balaban J connectivity index is 1.33. The number of halogens is 2. The lowest BCUT2D eigenvalue weighted by molar-refractivity contribution is -0.127. The molecule has 2 aromatic carbocycles. The van der Waals surface area contributed by atoms with Crippen LogP contribution in [0, 0.1) is 17.2 Å². The fourth-order valence-electron chi connectivity index (χ4n) is 5.98. The number of hydrogen-bond donors (Lipinski definition) is 3. The van der Waals surface area contributed by atoms with Gasteiger partial charge in [-0.3, -0.25) is 13.9 Å². The van der Waals surface area contributed by atoms with Gasteiger partial charge in [-0.25, -0.2) is 4.98 Å². The number of hydrogen-bond acceptors (Lipinski definition) is 8. The number of anilines is 1. The van der Waals surface area contributed by atoms with Crippen LogP contribution in [0.5, 0.6) is 5.75 Å². The second-order valence-corrected chi connectivity index (χ2v) is 14.0. The quantitative estimate of drug-likeness (QED) is 0.258. The number of alkyl halides is 2. The number of amides is 1. The molecule has 0 unspecified atom stereocenters. The maximum atomic E-state index is 13.5. The molecule has 228 valence electrons. The molecule has 9 nitrogen and oxygen atoms in total. The van der Waals surface area contributed by atoms with Crippen LogP contribution in [0.3, 0.4) is 0 Å². The molecule has 12 heteroatoms. The summed E-state index contributed by atoms with van der Waals surface area (Å²) in [6, 6.07) is 16.1. The molecule has 3 fully saturated rings. The first-order valence-electron chi connectivity index (χ1n) is 14.5. The van der Waals surface area contributed by atoms with Crippen LogP contribution in [0.15, 0.2) is 52.9 Å². The largest absolute Gasteiger partial charge is 0.440 e. The summed E-state index contributed by atoms with van der Waals surface area (Å²) in [5.41, 5.74) is 2.17. The highest BCUT2D eigenvalue weighted by Gasteiger charge is 2.47. The summed E-state index contributed by atoms with van der Waals surface area (Å²) >= 11 is 0. The van der Waals surface area contributed by atoms with Crippen molar-refractivity contribution in [1.29, 1.82) is 5.26 Å². The standard InChI is InChI=1S/C31H34F2N4O5S/c32-30(33)41-23-11-7-21(8-12-23)29-35-26(20-5-9-22(10-6-20)37-15-17-43(39,40)18-16-37)27(42-29)24-3-1-2-4-25(24)28(38)36-31(19-34)13-14-31/h5-12,24-25,30,39-40H,1-4,13-18H2,(H,36,38)/t24-,25-/m1/s1. The van der Waals surface area contributed by atoms with Gasteiger partial charge in [0.2, 0.25) is 11.8 Å². The first-order valence-corrected chi connectivity index (χ1v) is 16.4. The third kappa shape index (κ3) is 6.49. The van der Waals surface area contributed by atoms with Gasteiger partial charge in [0.1, 0.15) is 22.7 Å². The molecular weight excluding hydrogens is 578 g/mol. The predicted octanol–water partition coefficient (Wildman–Crippen LogP) is 6.63. The summed E-state index contributed by atoms with van der Waals surface area (Å²) < 4.78 is 56.2. The normalized spacial score (nSPS) is 23.3. The first-order chi connectivity index (χ1) is 20.7. The molecule has 3 aromatic rings. The van der Waals surface area contributed by atoms with Crippen LogP contribution in [0.2, 0.25) is 0 Å². The lowest BCUT2D eigenvalue weighted by atomic mass is 9.76. The molecule has 2 saturated carbocycles. The smallest absolute Gasteiger partial charge is 0.387 e. The van der Waals surface area contributed by atoms with E-state index in [0.717, 1.165) is 30.5 Å². The molecule has 2 heterocycles. The average molecular weight is 613 g/mol. The minimum absolute atomic E-state index is 0.0239. The minimum Gasteiger partial charge on any atom is -0.440 e. The third-order valence-electron chi connectivity index (χ3n) is 8.63. The van der Waals surface area contributed by atoms with Crippen molar-refractivity contribution in [3.05, 3.63) is 54.3 Å². The Morgan fingerprint density at radius 2 is 1.72 bits per heavy atom. The average Bonchev–Trinajstić information content (AvgIpc) is 3.64. The summed E-state index contributed by atoms with van der Waals surface area (Å²) in [4.78, 5) is 20.4. The van der Waals surface area contributed by atoms with Crippen molar-refractivity contribution in [2.24, 2.45) is 5.92 Å². The van der Waals surface area contributed by atoms with Crippen molar-refractivity contribution in [2.75, 3.05) is 29.5 Å². The summed E-state index contributed by atoms with van der Waals surface area (Å²) in [5, 5.41) is 12.5. The molecule has 1 aliphatic heterocycles. The number of nitrogens with one attached hydrogen (secondary N) is 1. The van der Waals surface area contributed by atoms with Crippen LogP contribution in [0.4, 0.5) is 14.5 Å². The van der Waals surface area contributed by atoms with Crippen molar-refractivity contribution in [2.45, 2.75) is 56.6 Å². The van der Waals surface area contributed by atoms with Gasteiger partial charge in [0.25, 0.3) is 0 Å². The van der Waals surface area contributed by atoms with E-state index in [9.17, 15) is 27.9 Å². The highest BCUT2D eigenvalue weighted by atomic mass is 32.3. The van der Waals surface area contributed by atoms with Gasteiger partial charge in [-0.1, -0.05) is 25.0 Å². The Morgan fingerprint density at radius 1 is 1.07 bits per heavy atom. The summed E-state index contributed by atoms with van der Waals surface area (Å²) in [5.74, 6) is 0.809. The number of ether oxygens (including phenoxy) is 1. The molecule has 1 aromatic heterocycles. The molecule has 3 aliphatic rings. The van der Waals surface area contributed by atoms with E-state index in [2.05, 4.69) is 21.0 Å². The lowest BCUT2D eigenvalue weighted by Gasteiger charge is -2.41. The summed E-state index contributed by atoms with van der Waals surface area (Å²) in [6.45, 7) is -1.83. The number of nitrogens with zero attached hydrogens (tertiary/aromatic N) is 3. The Morgan fingerprint density at radius 3 is 2.35 bits per heavy atom. The zero-order valence-electron chi connectivity index (χ0n) is 23.5. The first kappa shape index (κ1) is 29.4. The molecule has 1 amide bonds. The highest BCUT2D eigenvalue weighted by Crippen LogP contribution is 2.46. The van der Waals surface area contributed by atoms with Gasteiger partial charge in [-0.2, -0.15) is 24.6 Å². The van der Waals surface area contributed by atoms with E-state index >= 15 is 0 Å². The molecule has 3 N–H and O–H groups in total. The van der Waals surface area contributed by atoms with Gasteiger partial charge in [0.05, 0.1) is 17.6 Å². The van der Waals surface area contributed by atoms with Crippen LogP contribution >= 0.6 is 10.6 Å². The fourth-order valence-corrected chi connectivity index (χ4v) is 7.21. The molecule has 0 radical (unpaired) electrons. The van der Waals surface area contributed by atoms with Crippen molar-refractivity contribution in [3.8, 4) is 34.5 Å². The minimum atomic E-state index is -2.93. The van der Waals surface area contributed by atoms with Crippen LogP contribution < -0.4 is 15.0 Å². The molecule has 2 aliphatic carbocycles. The van der Waals surface area contributed by atoms with Gasteiger partial charge in [0.15, 0.2) is 0 Å². The van der Waals surface area contributed by atoms with E-state index in [1.54, 1.807) is 12.1 Å².